The van der Waals surface area contributed by atoms with Crippen molar-refractivity contribution >= 4 is 17.3 Å². The number of ether oxygens (including phenoxy) is 1. The molecular weight excluding hydrogens is 372 g/mol. The Morgan fingerprint density at radius 1 is 0.767 bits per heavy atom. The summed E-state index contributed by atoms with van der Waals surface area (Å²) in [5.74, 6) is 1.05. The lowest BCUT2D eigenvalue weighted by Gasteiger charge is -2.27. The van der Waals surface area contributed by atoms with E-state index in [1.54, 1.807) is 0 Å². The van der Waals surface area contributed by atoms with Crippen molar-refractivity contribution in [3.8, 4) is 11.5 Å². The van der Waals surface area contributed by atoms with E-state index in [9.17, 15) is 4.79 Å². The van der Waals surface area contributed by atoms with Crippen molar-refractivity contribution in [2.75, 3.05) is 23.3 Å². The van der Waals surface area contributed by atoms with Gasteiger partial charge in [-0.25, -0.2) is 0 Å². The number of benzene rings is 3. The third-order valence-corrected chi connectivity index (χ3v) is 6.05. The van der Waals surface area contributed by atoms with Gasteiger partial charge >= 0.3 is 0 Å². The molecule has 0 unspecified atom stereocenters. The van der Waals surface area contributed by atoms with Gasteiger partial charge in [-0.15, -0.1) is 0 Å². The van der Waals surface area contributed by atoms with Crippen molar-refractivity contribution in [2.45, 2.75) is 31.6 Å². The molecule has 1 N–H and O–H groups in total. The van der Waals surface area contributed by atoms with E-state index in [2.05, 4.69) is 22.3 Å². The molecule has 4 nitrogen and oxygen atoms in total. The first-order valence-corrected chi connectivity index (χ1v) is 10.8. The normalized spacial score (nSPS) is 16.1. The van der Waals surface area contributed by atoms with Gasteiger partial charge in [0.05, 0.1) is 5.92 Å². The lowest BCUT2D eigenvalue weighted by molar-refractivity contribution is -0.116. The maximum Gasteiger partial charge on any atom is 0.236 e. The minimum atomic E-state index is -0.392. The van der Waals surface area contributed by atoms with Crippen LogP contribution in [-0.4, -0.2) is 19.0 Å². The van der Waals surface area contributed by atoms with Gasteiger partial charge in [0.1, 0.15) is 11.5 Å². The number of fused-ring (bicyclic) bond motifs is 2. The topological polar surface area (TPSA) is 41.6 Å². The van der Waals surface area contributed by atoms with Gasteiger partial charge in [-0.2, -0.15) is 0 Å². The largest absolute Gasteiger partial charge is 0.457 e. The molecule has 2 aliphatic rings. The third-order valence-electron chi connectivity index (χ3n) is 6.05. The molecule has 0 radical (unpaired) electrons. The zero-order chi connectivity index (χ0) is 20.3. The van der Waals surface area contributed by atoms with Crippen LogP contribution in [-0.2, 0) is 4.79 Å². The summed E-state index contributed by atoms with van der Waals surface area (Å²) in [4.78, 5) is 15.8. The van der Waals surface area contributed by atoms with E-state index in [0.717, 1.165) is 41.4 Å². The van der Waals surface area contributed by atoms with E-state index < -0.39 is 5.92 Å². The van der Waals surface area contributed by atoms with Gasteiger partial charge in [0.2, 0.25) is 5.91 Å². The molecule has 152 valence electrons. The van der Waals surface area contributed by atoms with Crippen LogP contribution in [0.5, 0.6) is 11.5 Å². The monoisotopic (exact) mass is 398 g/mol. The lowest BCUT2D eigenvalue weighted by Crippen LogP contribution is -2.25. The quantitative estimate of drug-likeness (QED) is 0.593. The Kier molecular flexibility index (Phi) is 5.14. The fourth-order valence-corrected chi connectivity index (χ4v) is 4.49. The van der Waals surface area contributed by atoms with Gasteiger partial charge < -0.3 is 15.0 Å². The third kappa shape index (κ3) is 3.65. The molecule has 0 saturated carbocycles. The summed E-state index contributed by atoms with van der Waals surface area (Å²) in [6.07, 6.45) is 5.14. The predicted octanol–water partition coefficient (Wildman–Crippen LogP) is 5.94. The van der Waals surface area contributed by atoms with Crippen LogP contribution in [0.2, 0.25) is 0 Å². The maximum atomic E-state index is 13.3. The highest BCUT2D eigenvalue weighted by atomic mass is 16.5. The van der Waals surface area contributed by atoms with Gasteiger partial charge in [0.15, 0.2) is 0 Å². The number of anilines is 2. The van der Waals surface area contributed by atoms with Crippen LogP contribution in [0.3, 0.4) is 0 Å². The average molecular weight is 399 g/mol. The first kappa shape index (κ1) is 18.7. The van der Waals surface area contributed by atoms with E-state index in [-0.39, 0.29) is 5.91 Å². The van der Waals surface area contributed by atoms with Crippen molar-refractivity contribution in [1.29, 1.82) is 0 Å². The van der Waals surface area contributed by atoms with Crippen LogP contribution in [0.15, 0.2) is 72.8 Å². The van der Waals surface area contributed by atoms with Gasteiger partial charge in [0, 0.05) is 35.6 Å². The highest BCUT2D eigenvalue weighted by molar-refractivity contribution is 5.99. The number of carbonyl (C=O) groups is 1. The molecule has 0 bridgehead atoms. The molecule has 5 rings (SSSR count). The minimum Gasteiger partial charge on any atom is -0.457 e. The van der Waals surface area contributed by atoms with Gasteiger partial charge in [0.25, 0.3) is 0 Å². The number of amides is 1. The zero-order valence-electron chi connectivity index (χ0n) is 17.0. The SMILES string of the molecule is O=C(Nc1ccc(N2CCCCCC2)cc1)C1c2ccccc2Oc2ccccc21. The van der Waals surface area contributed by atoms with E-state index in [1.165, 1.54) is 31.4 Å². The summed E-state index contributed by atoms with van der Waals surface area (Å²) >= 11 is 0. The van der Waals surface area contributed by atoms with Crippen molar-refractivity contribution in [3.05, 3.63) is 83.9 Å². The Morgan fingerprint density at radius 2 is 1.33 bits per heavy atom. The van der Waals surface area contributed by atoms with Crippen LogP contribution in [0, 0.1) is 0 Å². The molecular formula is C26H26N2O2. The van der Waals surface area contributed by atoms with Crippen molar-refractivity contribution < 1.29 is 9.53 Å². The van der Waals surface area contributed by atoms with E-state index in [1.807, 2.05) is 60.7 Å². The van der Waals surface area contributed by atoms with Crippen LogP contribution >= 0.6 is 0 Å². The molecule has 1 saturated heterocycles. The second-order valence-corrected chi connectivity index (χ2v) is 8.05. The molecule has 30 heavy (non-hydrogen) atoms. The molecule has 1 amide bonds. The predicted molar refractivity (Wildman–Crippen MR) is 121 cm³/mol. The molecule has 0 atom stereocenters. The van der Waals surface area contributed by atoms with Crippen molar-refractivity contribution in [1.82, 2.24) is 0 Å². The highest BCUT2D eigenvalue weighted by Crippen LogP contribution is 2.44. The lowest BCUT2D eigenvalue weighted by atomic mass is 9.87. The maximum absolute atomic E-state index is 13.3. The Bertz CT molecular complexity index is 991. The van der Waals surface area contributed by atoms with Gasteiger partial charge in [-0.05, 0) is 49.2 Å². The van der Waals surface area contributed by atoms with Gasteiger partial charge in [-0.3, -0.25) is 4.79 Å². The first-order valence-electron chi connectivity index (χ1n) is 10.8. The van der Waals surface area contributed by atoms with E-state index >= 15 is 0 Å². The first-order chi connectivity index (χ1) is 14.8. The average Bonchev–Trinajstić information content (AvgIpc) is 3.07. The summed E-state index contributed by atoms with van der Waals surface area (Å²) in [6, 6.07) is 23.8. The van der Waals surface area contributed by atoms with Crippen LogP contribution in [0.1, 0.15) is 42.7 Å². The second-order valence-electron chi connectivity index (χ2n) is 8.05. The molecule has 3 aromatic carbocycles. The molecule has 0 aromatic heterocycles. The molecule has 2 aliphatic heterocycles. The second kappa shape index (κ2) is 8.23. The number of hydrogen-bond acceptors (Lipinski definition) is 3. The van der Waals surface area contributed by atoms with Crippen LogP contribution < -0.4 is 15.0 Å². The van der Waals surface area contributed by atoms with Gasteiger partial charge in [-0.1, -0.05) is 49.2 Å². The van der Waals surface area contributed by atoms with E-state index in [0.29, 0.717) is 0 Å². The zero-order valence-corrected chi connectivity index (χ0v) is 17.0. The summed E-state index contributed by atoms with van der Waals surface area (Å²) in [7, 11) is 0. The Morgan fingerprint density at radius 3 is 1.93 bits per heavy atom. The molecule has 2 heterocycles. The molecule has 1 fully saturated rings. The fourth-order valence-electron chi connectivity index (χ4n) is 4.49. The number of nitrogens with one attached hydrogen (secondary N) is 1. The molecule has 4 heteroatoms. The molecule has 0 aliphatic carbocycles. The molecule has 0 spiro atoms. The molecule has 3 aromatic rings. The van der Waals surface area contributed by atoms with Crippen LogP contribution in [0.4, 0.5) is 11.4 Å². The number of hydrogen-bond donors (Lipinski definition) is 1. The number of carbonyl (C=O) groups excluding carboxylic acids is 1. The Labute approximate surface area is 177 Å². The van der Waals surface area contributed by atoms with Crippen molar-refractivity contribution in [3.63, 3.8) is 0 Å². The standard InChI is InChI=1S/C26H26N2O2/c29-26(27-19-13-15-20(16-14-19)28-17-7-1-2-8-18-28)25-21-9-3-5-11-23(21)30-24-12-6-4-10-22(24)25/h3-6,9-16,25H,1-2,7-8,17-18H2,(H,27,29). The summed E-state index contributed by atoms with van der Waals surface area (Å²) in [5.41, 5.74) is 3.85. The van der Waals surface area contributed by atoms with Crippen LogP contribution in [0.25, 0.3) is 0 Å². The van der Waals surface area contributed by atoms with E-state index in [4.69, 9.17) is 4.74 Å². The van der Waals surface area contributed by atoms with Crippen molar-refractivity contribution in [2.24, 2.45) is 0 Å². The Balaban J connectivity index is 1.38. The Hall–Kier alpha value is -3.27. The fraction of sp³-hybridized carbons (Fsp3) is 0.269. The summed E-state index contributed by atoms with van der Waals surface area (Å²) in [6.45, 7) is 2.22. The number of rotatable bonds is 3. The number of para-hydroxylation sites is 2. The summed E-state index contributed by atoms with van der Waals surface area (Å²) in [5, 5.41) is 3.12. The smallest absolute Gasteiger partial charge is 0.236 e. The highest BCUT2D eigenvalue weighted by Gasteiger charge is 2.32. The minimum absolute atomic E-state index is 0.0410. The number of nitrogens with zero attached hydrogens (tertiary/aromatic N) is 1. The summed E-state index contributed by atoms with van der Waals surface area (Å²) < 4.78 is 6.02.